The maximum atomic E-state index is 2.53. The molecule has 0 saturated heterocycles. The lowest BCUT2D eigenvalue weighted by Crippen LogP contribution is -2.28. The minimum atomic E-state index is 0.266. The summed E-state index contributed by atoms with van der Waals surface area (Å²) in [7, 11) is 0. The summed E-state index contributed by atoms with van der Waals surface area (Å²) in [5.74, 6) is 0.358. The van der Waals surface area contributed by atoms with Crippen molar-refractivity contribution in [1.82, 2.24) is 18.3 Å². The van der Waals surface area contributed by atoms with Crippen molar-refractivity contribution in [1.29, 1.82) is 0 Å². The van der Waals surface area contributed by atoms with Crippen LogP contribution in [0.4, 0.5) is 11.4 Å². The SMILES string of the molecule is C1=CC2c3ccccc3N(c3cccc(-n4c5ccccc5c5c6c7ccccc7ccc6c6ccccc6c54)c3)C2C=C1.c1ccc(-c2cc3c4ccccc4c4c(c5ccccc5n4-c4ccccc4)c3c3ccccc23)cc1.c1ccc2c(c1)ccc1c3ccccc3c3c(c4ccccc4n3-c3ccc(-c4ccc(-n5c6ccccc6c6ccccc65)cc4)cc3)c21. The molecule has 610 valence electrons. The van der Waals surface area contributed by atoms with Gasteiger partial charge in [-0.3, -0.25) is 0 Å². The van der Waals surface area contributed by atoms with Gasteiger partial charge in [-0.1, -0.05) is 382 Å². The van der Waals surface area contributed by atoms with E-state index in [0.29, 0.717) is 5.92 Å². The standard InChI is InChI=1S/C48H30N2.C42H28N2.C36H23N/c1-2-12-36-33(11-1)25-30-40-37-13-3-4-16-41(37)48-47(46(36)40)42-17-7-10-20-45(42)50(48)35-28-23-32(24-29-35)31-21-26-34(27-22-31)49-43-18-8-5-14-38(43)39-15-6-9-19-44(39)49;1-2-15-30-27(12-1)24-25-34-31-16-3-4-19-35(31)42-41(40(30)34)36-20-7-10-23-39(36)44(42)29-14-11-13-28(26-29)43-37-21-8-5-17-32(37)33-18-6-9-22-38(33)43;1-3-13-24(14-4-1)31-23-32-27-18-8-10-20-29(27)36-35(34(32)28-19-9-7-17-26(28)31)30-21-11-12-22-33(30)37(36)25-15-5-2-6-16-25/h1-30H;1-26,32,37H;1-23H. The zero-order chi connectivity index (χ0) is 85.9. The van der Waals surface area contributed by atoms with Crippen molar-refractivity contribution >= 4 is 196 Å². The van der Waals surface area contributed by atoms with E-state index in [-0.39, 0.29) is 6.04 Å². The highest BCUT2D eigenvalue weighted by molar-refractivity contribution is 6.40. The maximum Gasteiger partial charge on any atom is 0.0629 e. The van der Waals surface area contributed by atoms with Crippen LogP contribution < -0.4 is 4.90 Å². The van der Waals surface area contributed by atoms with E-state index in [2.05, 4.69) is 502 Å². The number of hydrogen-bond acceptors (Lipinski definition) is 1. The van der Waals surface area contributed by atoms with E-state index >= 15 is 0 Å². The van der Waals surface area contributed by atoms with Crippen LogP contribution in [0, 0.1) is 0 Å². The predicted molar refractivity (Wildman–Crippen MR) is 558 cm³/mol. The van der Waals surface area contributed by atoms with Gasteiger partial charge in [0.2, 0.25) is 0 Å². The lowest BCUT2D eigenvalue weighted by molar-refractivity contribution is 0.744. The van der Waals surface area contributed by atoms with Gasteiger partial charge in [0.15, 0.2) is 0 Å². The molecule has 29 rings (SSSR count). The molecule has 0 spiro atoms. The second-order valence-corrected chi connectivity index (χ2v) is 35.1. The number of anilines is 2. The molecule has 27 aromatic rings. The summed E-state index contributed by atoms with van der Waals surface area (Å²) in [4.78, 5) is 2.53. The molecule has 5 heterocycles. The second kappa shape index (κ2) is 29.8. The Morgan fingerprint density at radius 3 is 1.03 bits per heavy atom. The summed E-state index contributed by atoms with van der Waals surface area (Å²) in [5, 5.41) is 33.7. The summed E-state index contributed by atoms with van der Waals surface area (Å²) in [5.41, 5.74) is 23.4. The third kappa shape index (κ3) is 11.3. The first-order valence-corrected chi connectivity index (χ1v) is 45.5. The predicted octanol–water partition coefficient (Wildman–Crippen LogP) is 33.9. The van der Waals surface area contributed by atoms with Crippen molar-refractivity contribution in [3.05, 3.63) is 485 Å². The molecule has 1 aliphatic heterocycles. The Kier molecular flexibility index (Phi) is 16.8. The molecule has 0 N–H and O–H groups in total. The Hall–Kier alpha value is -17.1. The quantitative estimate of drug-likeness (QED) is 0.146. The fraction of sp³-hybridized carbons (Fsp3) is 0.0159. The van der Waals surface area contributed by atoms with E-state index in [9.17, 15) is 0 Å². The number of para-hydroxylation sites is 7. The Bertz CT molecular complexity index is 9440. The molecular weight excluding hydrogens is 1580 g/mol. The lowest BCUT2D eigenvalue weighted by atomic mass is 9.88. The minimum Gasteiger partial charge on any atom is -0.333 e. The van der Waals surface area contributed by atoms with E-state index in [1.807, 2.05) is 0 Å². The van der Waals surface area contributed by atoms with Crippen molar-refractivity contribution < 1.29 is 0 Å². The third-order valence-corrected chi connectivity index (χ3v) is 28.3. The second-order valence-electron chi connectivity index (χ2n) is 35.1. The molecule has 131 heavy (non-hydrogen) atoms. The summed E-state index contributed by atoms with van der Waals surface area (Å²) >= 11 is 0. The fourth-order valence-electron chi connectivity index (χ4n) is 22.8. The van der Waals surface area contributed by atoms with Gasteiger partial charge >= 0.3 is 0 Å². The van der Waals surface area contributed by atoms with Crippen molar-refractivity contribution in [3.8, 4) is 45.0 Å². The van der Waals surface area contributed by atoms with Gasteiger partial charge in [0.1, 0.15) is 0 Å². The lowest BCUT2D eigenvalue weighted by Gasteiger charge is -2.29. The molecule has 2 aliphatic rings. The molecule has 0 radical (unpaired) electrons. The first-order valence-electron chi connectivity index (χ1n) is 45.5. The molecule has 0 amide bonds. The van der Waals surface area contributed by atoms with Crippen molar-refractivity contribution in [3.63, 3.8) is 0 Å². The molecule has 0 saturated carbocycles. The monoisotopic (exact) mass is 1660 g/mol. The molecular formula is C126H81N5. The van der Waals surface area contributed by atoms with E-state index in [1.54, 1.807) is 0 Å². The number of rotatable bonds is 7. The smallest absolute Gasteiger partial charge is 0.0629 e. The van der Waals surface area contributed by atoms with Crippen LogP contribution in [0.2, 0.25) is 0 Å². The summed E-state index contributed by atoms with van der Waals surface area (Å²) in [6.07, 6.45) is 9.08. The van der Waals surface area contributed by atoms with Gasteiger partial charge in [-0.25, -0.2) is 0 Å². The fourth-order valence-corrected chi connectivity index (χ4v) is 22.8. The summed E-state index contributed by atoms with van der Waals surface area (Å²) < 4.78 is 9.81. The van der Waals surface area contributed by atoms with E-state index in [4.69, 9.17) is 0 Å². The Balaban J connectivity index is 0.000000102. The molecule has 1 aliphatic carbocycles. The average molecular weight is 1670 g/mol. The maximum absolute atomic E-state index is 2.53. The van der Waals surface area contributed by atoms with E-state index in [0.717, 1.165) is 5.69 Å². The molecule has 0 bridgehead atoms. The van der Waals surface area contributed by atoms with Gasteiger partial charge in [-0.15, -0.1) is 0 Å². The largest absolute Gasteiger partial charge is 0.333 e. The van der Waals surface area contributed by atoms with Crippen LogP contribution >= 0.6 is 0 Å². The van der Waals surface area contributed by atoms with Gasteiger partial charge in [-0.2, -0.15) is 0 Å². The van der Waals surface area contributed by atoms with Gasteiger partial charge in [0.05, 0.1) is 50.2 Å². The summed E-state index contributed by atoms with van der Waals surface area (Å²) in [6, 6.07) is 167. The molecule has 5 nitrogen and oxygen atoms in total. The highest BCUT2D eigenvalue weighted by Crippen LogP contribution is 2.53. The van der Waals surface area contributed by atoms with Crippen molar-refractivity contribution in [2.45, 2.75) is 12.0 Å². The van der Waals surface area contributed by atoms with Crippen LogP contribution in [-0.4, -0.2) is 24.3 Å². The van der Waals surface area contributed by atoms with Crippen LogP contribution in [0.25, 0.3) is 229 Å². The number of allylic oxidation sites excluding steroid dienone is 2. The van der Waals surface area contributed by atoms with Crippen LogP contribution in [0.15, 0.2) is 479 Å². The van der Waals surface area contributed by atoms with Gasteiger partial charge < -0.3 is 23.2 Å². The van der Waals surface area contributed by atoms with Crippen LogP contribution in [0.5, 0.6) is 0 Å². The first-order chi connectivity index (χ1) is 65.1. The highest BCUT2D eigenvalue weighted by atomic mass is 15.2. The molecule has 23 aromatic carbocycles. The number of nitrogens with zero attached hydrogens (tertiary/aromatic N) is 5. The molecule has 0 fully saturated rings. The third-order valence-electron chi connectivity index (χ3n) is 28.3. The van der Waals surface area contributed by atoms with E-state index in [1.165, 1.54) is 240 Å². The van der Waals surface area contributed by atoms with Gasteiger partial charge in [0, 0.05) is 115 Å². The Morgan fingerprint density at radius 2 is 0.519 bits per heavy atom. The van der Waals surface area contributed by atoms with Crippen molar-refractivity contribution in [2.24, 2.45) is 0 Å². The first kappa shape index (κ1) is 74.2. The zero-order valence-corrected chi connectivity index (χ0v) is 71.5. The number of benzene rings is 23. The molecule has 2 atom stereocenters. The van der Waals surface area contributed by atoms with Gasteiger partial charge in [0.25, 0.3) is 0 Å². The summed E-state index contributed by atoms with van der Waals surface area (Å²) in [6.45, 7) is 0. The minimum absolute atomic E-state index is 0.266. The molecule has 4 aromatic heterocycles. The van der Waals surface area contributed by atoms with Crippen LogP contribution in [0.3, 0.4) is 0 Å². The van der Waals surface area contributed by atoms with Crippen molar-refractivity contribution in [2.75, 3.05) is 4.90 Å². The molecule has 5 heteroatoms. The highest BCUT2D eigenvalue weighted by Gasteiger charge is 2.38. The number of hydrogen-bond donors (Lipinski definition) is 0. The number of aromatic nitrogens is 4. The van der Waals surface area contributed by atoms with Crippen LogP contribution in [0.1, 0.15) is 11.5 Å². The topological polar surface area (TPSA) is 23.0 Å². The van der Waals surface area contributed by atoms with Crippen LogP contribution in [-0.2, 0) is 0 Å². The normalized spacial score (nSPS) is 13.7. The molecule has 2 unspecified atom stereocenters. The Morgan fingerprint density at radius 1 is 0.176 bits per heavy atom. The number of fused-ring (bicyclic) bond motifs is 36. The van der Waals surface area contributed by atoms with Gasteiger partial charge in [-0.05, 0) is 190 Å². The Labute approximate surface area is 755 Å². The average Bonchev–Trinajstić information content (AvgIpc) is 1.57. The zero-order valence-electron chi connectivity index (χ0n) is 71.5. The van der Waals surface area contributed by atoms with E-state index < -0.39 is 0 Å².